The van der Waals surface area contributed by atoms with Gasteiger partial charge in [0.2, 0.25) is 5.91 Å². The highest BCUT2D eigenvalue weighted by molar-refractivity contribution is 7.47. The van der Waals surface area contributed by atoms with Crippen LogP contribution < -0.4 is 5.32 Å². The molecule has 0 aromatic carbocycles. The third kappa shape index (κ3) is 30.5. The molecule has 0 aromatic rings. The summed E-state index contributed by atoms with van der Waals surface area (Å²) in [5.41, 5.74) is 0. The van der Waals surface area contributed by atoms with Gasteiger partial charge in [-0.3, -0.25) is 13.8 Å². The average molecular weight is 930 g/mol. The van der Waals surface area contributed by atoms with E-state index in [4.69, 9.17) is 9.05 Å². The first-order chi connectivity index (χ1) is 30.8. The number of carbonyl (C=O) groups excluding carboxylic acids is 1. The summed E-state index contributed by atoms with van der Waals surface area (Å²) in [4.78, 5) is 23.5. The number of hydrogen-bond acceptors (Lipinski definition) is 11. The molecule has 0 aliphatic heterocycles. The highest BCUT2D eigenvalue weighted by atomic mass is 31.2. The smallest absolute Gasteiger partial charge is 0.393 e. The Kier molecular flexibility index (Phi) is 37.0. The molecule has 0 saturated heterocycles. The largest absolute Gasteiger partial charge is 0.472 e. The van der Waals surface area contributed by atoms with Crippen molar-refractivity contribution in [2.45, 2.75) is 255 Å². The fourth-order valence-electron chi connectivity index (χ4n) is 7.74. The number of carbonyl (C=O) groups is 1. The van der Waals surface area contributed by atoms with E-state index in [1.54, 1.807) is 6.08 Å². The number of rotatable bonds is 41. The fraction of sp³-hybridized carbons (Fsp3) is 0.820. The second-order valence-electron chi connectivity index (χ2n) is 17.8. The van der Waals surface area contributed by atoms with Crippen LogP contribution in [0.5, 0.6) is 0 Å². The summed E-state index contributed by atoms with van der Waals surface area (Å²) in [5.74, 6) is -0.612. The molecule has 0 spiro atoms. The first kappa shape index (κ1) is 60.3. The van der Waals surface area contributed by atoms with Crippen molar-refractivity contribution in [1.82, 2.24) is 5.32 Å². The van der Waals surface area contributed by atoms with E-state index in [0.717, 1.165) is 64.2 Å². The molecule has 1 saturated carbocycles. The molecule has 13 nitrogen and oxygen atoms in total. The van der Waals surface area contributed by atoms with Crippen LogP contribution in [0, 0.1) is 0 Å². The van der Waals surface area contributed by atoms with Gasteiger partial charge >= 0.3 is 7.82 Å². The number of amides is 1. The van der Waals surface area contributed by atoms with E-state index in [1.165, 1.54) is 102 Å². The van der Waals surface area contributed by atoms with E-state index < -0.39 is 75.2 Å². The topological polar surface area (TPSA) is 226 Å². The molecule has 64 heavy (non-hydrogen) atoms. The van der Waals surface area contributed by atoms with Crippen molar-refractivity contribution in [3.8, 4) is 0 Å². The van der Waals surface area contributed by atoms with Crippen molar-refractivity contribution in [3.05, 3.63) is 48.6 Å². The van der Waals surface area contributed by atoms with E-state index >= 15 is 0 Å². The van der Waals surface area contributed by atoms with Gasteiger partial charge in [0.25, 0.3) is 0 Å². The van der Waals surface area contributed by atoms with E-state index in [9.17, 15) is 50.0 Å². The first-order valence-electron chi connectivity index (χ1n) is 25.2. The lowest BCUT2D eigenvalue weighted by atomic mass is 9.85. The van der Waals surface area contributed by atoms with Crippen molar-refractivity contribution in [2.75, 3.05) is 6.61 Å². The lowest BCUT2D eigenvalue weighted by molar-refractivity contribution is -0.220. The number of unbranched alkanes of at least 4 members (excludes halogenated alkanes) is 22. The van der Waals surface area contributed by atoms with Gasteiger partial charge in [-0.25, -0.2) is 4.57 Å². The minimum atomic E-state index is -5.16. The maximum absolute atomic E-state index is 13.0. The Hall–Kier alpha value is -1.74. The fourth-order valence-corrected chi connectivity index (χ4v) is 8.70. The molecular formula is C50H92NO12P. The number of aliphatic hydroxyl groups excluding tert-OH is 7. The number of hydrogen-bond donors (Lipinski definition) is 9. The molecule has 0 radical (unpaired) electrons. The van der Waals surface area contributed by atoms with Crippen LogP contribution in [0.25, 0.3) is 0 Å². The van der Waals surface area contributed by atoms with Gasteiger partial charge in [0.15, 0.2) is 0 Å². The number of nitrogens with one attached hydrogen (secondary N) is 1. The van der Waals surface area contributed by atoms with Gasteiger partial charge in [0.05, 0.1) is 31.3 Å². The molecule has 1 fully saturated rings. The van der Waals surface area contributed by atoms with Crippen LogP contribution in [0.15, 0.2) is 48.6 Å². The Balaban J connectivity index is 2.54. The summed E-state index contributed by atoms with van der Waals surface area (Å²) in [7, 11) is -5.16. The van der Waals surface area contributed by atoms with Crippen molar-refractivity contribution < 1.29 is 59.0 Å². The second kappa shape index (κ2) is 39.3. The molecule has 1 aliphatic carbocycles. The summed E-state index contributed by atoms with van der Waals surface area (Å²) in [6.07, 6.45) is 33.4. The number of phosphoric ester groups is 1. The van der Waals surface area contributed by atoms with Crippen LogP contribution in [0.3, 0.4) is 0 Å². The SMILES string of the molecule is CCCCCCCC/C=C/CC/C=C/CC/C=C/C(O)C(COP(=O)(O)OC1C(O)C(O)C(O)C(O)C1O)NC(=O)CC(O)CCCCCCC/C=C\CCCCCCCCCCC. The second-order valence-corrected chi connectivity index (χ2v) is 19.2. The van der Waals surface area contributed by atoms with Crippen LogP contribution in [0.4, 0.5) is 0 Å². The zero-order valence-electron chi connectivity index (χ0n) is 39.7. The average Bonchev–Trinajstić information content (AvgIpc) is 3.27. The molecule has 0 bridgehead atoms. The van der Waals surface area contributed by atoms with Crippen LogP contribution in [0.2, 0.25) is 0 Å². The monoisotopic (exact) mass is 930 g/mol. The zero-order chi connectivity index (χ0) is 47.3. The molecule has 8 atom stereocenters. The Labute approximate surface area is 387 Å². The van der Waals surface area contributed by atoms with Gasteiger partial charge in [-0.05, 0) is 70.6 Å². The standard InChI is InChI=1S/C50H92NO12P/c1-3-5-7-9-11-13-15-17-19-21-22-23-25-27-29-31-33-35-37-41(52)39-44(54)51-42(40-62-64(60,61)63-50-48(58)46(56)45(55)47(57)49(50)59)43(53)38-36-34-32-30-28-26-24-20-18-16-14-12-10-8-6-4-2/h18,20,22-23,28,30,36,38,41-43,45-50,52-53,55-59H,3-17,19,21,24-27,29,31-35,37,39-40H2,1-2H3,(H,51,54)(H,60,61)/b20-18+,23-22-,30-28+,38-36+. The number of phosphoric acid groups is 1. The molecule has 14 heteroatoms. The van der Waals surface area contributed by atoms with Gasteiger partial charge < -0.3 is 46.0 Å². The molecule has 9 N–H and O–H groups in total. The maximum atomic E-state index is 13.0. The minimum Gasteiger partial charge on any atom is -0.393 e. The lowest BCUT2D eigenvalue weighted by Gasteiger charge is -2.41. The quantitative estimate of drug-likeness (QED) is 0.0159. The van der Waals surface area contributed by atoms with E-state index in [2.05, 4.69) is 55.6 Å². The van der Waals surface area contributed by atoms with Gasteiger partial charge in [0, 0.05) is 0 Å². The summed E-state index contributed by atoms with van der Waals surface area (Å²) in [6.45, 7) is 3.72. The summed E-state index contributed by atoms with van der Waals surface area (Å²) in [5, 5.41) is 74.5. The van der Waals surface area contributed by atoms with Crippen LogP contribution in [0.1, 0.15) is 200 Å². The number of aliphatic hydroxyl groups is 7. The molecule has 1 aliphatic rings. The molecule has 374 valence electrons. The Morgan fingerprint density at radius 2 is 0.922 bits per heavy atom. The van der Waals surface area contributed by atoms with Crippen LogP contribution in [-0.2, 0) is 18.4 Å². The maximum Gasteiger partial charge on any atom is 0.472 e. The van der Waals surface area contributed by atoms with Crippen LogP contribution >= 0.6 is 7.82 Å². The molecule has 1 amide bonds. The predicted molar refractivity (Wildman–Crippen MR) is 256 cm³/mol. The van der Waals surface area contributed by atoms with Crippen molar-refractivity contribution in [1.29, 1.82) is 0 Å². The van der Waals surface area contributed by atoms with Crippen LogP contribution in [-0.4, -0.2) is 108 Å². The molecule has 0 heterocycles. The zero-order valence-corrected chi connectivity index (χ0v) is 40.6. The number of allylic oxidation sites excluding steroid dienone is 7. The molecule has 8 unspecified atom stereocenters. The summed E-state index contributed by atoms with van der Waals surface area (Å²) < 4.78 is 22.9. The molecule has 0 aromatic heterocycles. The Bertz CT molecular complexity index is 1280. The highest BCUT2D eigenvalue weighted by Crippen LogP contribution is 2.47. The van der Waals surface area contributed by atoms with E-state index in [-0.39, 0.29) is 6.42 Å². The summed E-state index contributed by atoms with van der Waals surface area (Å²) in [6, 6.07) is -1.27. The third-order valence-electron chi connectivity index (χ3n) is 11.9. The molecular weight excluding hydrogens is 838 g/mol. The molecule has 1 rings (SSSR count). The minimum absolute atomic E-state index is 0.262. The van der Waals surface area contributed by atoms with Crippen molar-refractivity contribution in [3.63, 3.8) is 0 Å². The van der Waals surface area contributed by atoms with Gasteiger partial charge in [-0.2, -0.15) is 0 Å². The first-order valence-corrected chi connectivity index (χ1v) is 26.7. The van der Waals surface area contributed by atoms with Gasteiger partial charge in [0.1, 0.15) is 36.6 Å². The Morgan fingerprint density at radius 3 is 1.38 bits per heavy atom. The van der Waals surface area contributed by atoms with Gasteiger partial charge in [-0.15, -0.1) is 0 Å². The van der Waals surface area contributed by atoms with E-state index in [0.29, 0.717) is 19.3 Å². The van der Waals surface area contributed by atoms with E-state index in [1.807, 2.05) is 0 Å². The van der Waals surface area contributed by atoms with Crippen molar-refractivity contribution in [2.24, 2.45) is 0 Å². The predicted octanol–water partition coefficient (Wildman–Crippen LogP) is 9.09. The normalized spacial score (nSPS) is 23.1. The lowest BCUT2D eigenvalue weighted by Crippen LogP contribution is -2.64. The Morgan fingerprint density at radius 1 is 0.547 bits per heavy atom. The highest BCUT2D eigenvalue weighted by Gasteiger charge is 2.51. The van der Waals surface area contributed by atoms with Crippen molar-refractivity contribution >= 4 is 13.7 Å². The third-order valence-corrected chi connectivity index (χ3v) is 12.8. The summed E-state index contributed by atoms with van der Waals surface area (Å²) >= 11 is 0. The van der Waals surface area contributed by atoms with Gasteiger partial charge in [-0.1, -0.05) is 172 Å².